The number of hydrogen-bond acceptors (Lipinski definition) is 3. The number of ether oxygens (including phenoxy) is 2. The first kappa shape index (κ1) is 15.4. The number of benzene rings is 1. The number of methoxy groups -OCH3 is 1. The van der Waals surface area contributed by atoms with E-state index in [4.69, 9.17) is 9.47 Å². The Morgan fingerprint density at radius 3 is 2.47 bits per heavy atom. The minimum atomic E-state index is -0.375. The van der Waals surface area contributed by atoms with Gasteiger partial charge < -0.3 is 9.47 Å². The van der Waals surface area contributed by atoms with E-state index < -0.39 is 0 Å². The summed E-state index contributed by atoms with van der Waals surface area (Å²) in [5.74, 6) is 1.02. The van der Waals surface area contributed by atoms with Gasteiger partial charge in [0, 0.05) is 0 Å². The molecule has 0 spiro atoms. The van der Waals surface area contributed by atoms with Crippen LogP contribution < -0.4 is 4.74 Å². The molecule has 0 aliphatic carbocycles. The zero-order valence-corrected chi connectivity index (χ0v) is 11.9. The molecule has 0 N–H and O–H groups in total. The zero-order chi connectivity index (χ0) is 14.3. The normalized spacial score (nSPS) is 13.6. The number of hydrogen-bond donors (Lipinski definition) is 0. The van der Waals surface area contributed by atoms with Crippen LogP contribution in [0.2, 0.25) is 0 Å². The fourth-order valence-electron chi connectivity index (χ4n) is 1.98. The highest BCUT2D eigenvalue weighted by atomic mass is 16.5. The Bertz CT molecular complexity index is 409. The fourth-order valence-corrected chi connectivity index (χ4v) is 1.98. The van der Waals surface area contributed by atoms with E-state index in [0.29, 0.717) is 6.61 Å². The van der Waals surface area contributed by atoms with Gasteiger partial charge in [-0.05, 0) is 37.0 Å². The van der Waals surface area contributed by atoms with Crippen LogP contribution in [0.4, 0.5) is 0 Å². The summed E-state index contributed by atoms with van der Waals surface area (Å²) >= 11 is 0. The molecule has 0 heterocycles. The summed E-state index contributed by atoms with van der Waals surface area (Å²) in [4.78, 5) is 11.6. The van der Waals surface area contributed by atoms with Crippen molar-refractivity contribution in [1.82, 2.24) is 0 Å². The van der Waals surface area contributed by atoms with Gasteiger partial charge in [-0.15, -0.1) is 6.58 Å². The highest BCUT2D eigenvalue weighted by Crippen LogP contribution is 2.17. The molecule has 0 aliphatic heterocycles. The van der Waals surface area contributed by atoms with Crippen LogP contribution in [0.3, 0.4) is 0 Å². The number of allylic oxidation sites excluding steroid dienone is 1. The Balaban J connectivity index is 2.60. The SMILES string of the molecule is C=CC[C@@H](C)[C@H](OCc1ccc(OC)cc1)C(C)=O. The summed E-state index contributed by atoms with van der Waals surface area (Å²) in [5.41, 5.74) is 1.03. The van der Waals surface area contributed by atoms with Crippen molar-refractivity contribution in [1.29, 1.82) is 0 Å². The lowest BCUT2D eigenvalue weighted by Gasteiger charge is -2.21. The average molecular weight is 262 g/mol. The summed E-state index contributed by atoms with van der Waals surface area (Å²) in [6, 6.07) is 7.64. The second-order valence-electron chi connectivity index (χ2n) is 4.69. The van der Waals surface area contributed by atoms with Gasteiger partial charge in [0.25, 0.3) is 0 Å². The minimum Gasteiger partial charge on any atom is -0.497 e. The fraction of sp³-hybridized carbons (Fsp3) is 0.438. The second-order valence-corrected chi connectivity index (χ2v) is 4.69. The summed E-state index contributed by atoms with van der Waals surface area (Å²) in [6.07, 6.45) is 2.21. The molecule has 19 heavy (non-hydrogen) atoms. The summed E-state index contributed by atoms with van der Waals surface area (Å²) in [6.45, 7) is 7.69. The maximum absolute atomic E-state index is 11.6. The third-order valence-electron chi connectivity index (χ3n) is 3.04. The first-order valence-corrected chi connectivity index (χ1v) is 6.44. The number of ketones is 1. The molecule has 0 aliphatic rings. The average Bonchev–Trinajstić information content (AvgIpc) is 2.39. The van der Waals surface area contributed by atoms with Gasteiger partial charge in [0.1, 0.15) is 11.9 Å². The first-order chi connectivity index (χ1) is 9.08. The van der Waals surface area contributed by atoms with E-state index in [9.17, 15) is 4.79 Å². The Morgan fingerprint density at radius 2 is 2.00 bits per heavy atom. The van der Waals surface area contributed by atoms with E-state index in [1.165, 1.54) is 0 Å². The molecule has 1 rings (SSSR count). The molecule has 0 radical (unpaired) electrons. The Labute approximate surface area is 115 Å². The Kier molecular flexibility index (Phi) is 6.30. The molecule has 0 aromatic heterocycles. The number of rotatable bonds is 8. The van der Waals surface area contributed by atoms with Crippen LogP contribution in [0.25, 0.3) is 0 Å². The van der Waals surface area contributed by atoms with Gasteiger partial charge in [-0.3, -0.25) is 4.79 Å². The van der Waals surface area contributed by atoms with Crippen molar-refractivity contribution in [3.05, 3.63) is 42.5 Å². The number of carbonyl (C=O) groups is 1. The maximum atomic E-state index is 11.6. The molecular weight excluding hydrogens is 240 g/mol. The molecule has 1 aromatic rings. The van der Waals surface area contributed by atoms with Crippen molar-refractivity contribution in [2.75, 3.05) is 7.11 Å². The molecule has 104 valence electrons. The summed E-state index contributed by atoms with van der Waals surface area (Å²) in [5, 5.41) is 0. The number of carbonyl (C=O) groups excluding carboxylic acids is 1. The van der Waals surface area contributed by atoms with Crippen LogP contribution in [0.15, 0.2) is 36.9 Å². The maximum Gasteiger partial charge on any atom is 0.158 e. The standard InChI is InChI=1S/C16H22O3/c1-5-6-12(2)16(13(3)17)19-11-14-7-9-15(18-4)10-8-14/h5,7-10,12,16H,1,6,11H2,2-4H3/t12-,16+/m1/s1. The Hall–Kier alpha value is -1.61. The van der Waals surface area contributed by atoms with Crippen molar-refractivity contribution in [3.8, 4) is 5.75 Å². The summed E-state index contributed by atoms with van der Waals surface area (Å²) < 4.78 is 10.8. The van der Waals surface area contributed by atoms with E-state index in [0.717, 1.165) is 17.7 Å². The van der Waals surface area contributed by atoms with Crippen molar-refractivity contribution in [2.45, 2.75) is 33.0 Å². The zero-order valence-electron chi connectivity index (χ0n) is 11.9. The van der Waals surface area contributed by atoms with Crippen LogP contribution in [0, 0.1) is 5.92 Å². The molecular formula is C16H22O3. The van der Waals surface area contributed by atoms with Crippen LogP contribution in [-0.2, 0) is 16.1 Å². The van der Waals surface area contributed by atoms with Crippen LogP contribution in [0.5, 0.6) is 5.75 Å². The van der Waals surface area contributed by atoms with Gasteiger partial charge >= 0.3 is 0 Å². The van der Waals surface area contributed by atoms with E-state index in [2.05, 4.69) is 6.58 Å². The smallest absolute Gasteiger partial charge is 0.158 e. The van der Waals surface area contributed by atoms with E-state index in [-0.39, 0.29) is 17.8 Å². The second kappa shape index (κ2) is 7.74. The molecule has 3 nitrogen and oxygen atoms in total. The topological polar surface area (TPSA) is 35.5 Å². The molecule has 0 bridgehead atoms. The van der Waals surface area contributed by atoms with Gasteiger partial charge in [-0.1, -0.05) is 25.1 Å². The van der Waals surface area contributed by atoms with Gasteiger partial charge in [0.15, 0.2) is 5.78 Å². The van der Waals surface area contributed by atoms with Crippen molar-refractivity contribution in [2.24, 2.45) is 5.92 Å². The van der Waals surface area contributed by atoms with Crippen LogP contribution >= 0.6 is 0 Å². The van der Waals surface area contributed by atoms with Gasteiger partial charge in [0.2, 0.25) is 0 Å². The third kappa shape index (κ3) is 4.87. The van der Waals surface area contributed by atoms with Crippen LogP contribution in [-0.4, -0.2) is 19.0 Å². The quantitative estimate of drug-likeness (QED) is 0.674. The highest BCUT2D eigenvalue weighted by Gasteiger charge is 2.21. The van der Waals surface area contributed by atoms with Crippen LogP contribution in [0.1, 0.15) is 25.8 Å². The largest absolute Gasteiger partial charge is 0.497 e. The predicted octanol–water partition coefficient (Wildman–Crippen LogP) is 3.38. The predicted molar refractivity (Wildman–Crippen MR) is 76.2 cm³/mol. The lowest BCUT2D eigenvalue weighted by molar-refractivity contribution is -0.132. The van der Waals surface area contributed by atoms with Crippen molar-refractivity contribution >= 4 is 5.78 Å². The van der Waals surface area contributed by atoms with Crippen molar-refractivity contribution in [3.63, 3.8) is 0 Å². The molecule has 3 heteroatoms. The molecule has 0 fully saturated rings. The van der Waals surface area contributed by atoms with Crippen molar-refractivity contribution < 1.29 is 14.3 Å². The lowest BCUT2D eigenvalue weighted by Crippen LogP contribution is -2.28. The Morgan fingerprint density at radius 1 is 1.37 bits per heavy atom. The monoisotopic (exact) mass is 262 g/mol. The van der Waals surface area contributed by atoms with E-state index >= 15 is 0 Å². The number of Topliss-reactive ketones (excluding diaryl/α,β-unsaturated/α-hetero) is 1. The third-order valence-corrected chi connectivity index (χ3v) is 3.04. The highest BCUT2D eigenvalue weighted by molar-refractivity contribution is 5.80. The molecule has 0 amide bonds. The molecule has 0 saturated heterocycles. The summed E-state index contributed by atoms with van der Waals surface area (Å²) in [7, 11) is 1.63. The molecule has 0 saturated carbocycles. The molecule has 1 aromatic carbocycles. The van der Waals surface area contributed by atoms with Gasteiger partial charge in [0.05, 0.1) is 13.7 Å². The lowest BCUT2D eigenvalue weighted by atomic mass is 9.98. The van der Waals surface area contributed by atoms with Gasteiger partial charge in [-0.25, -0.2) is 0 Å². The minimum absolute atomic E-state index is 0.0582. The van der Waals surface area contributed by atoms with Gasteiger partial charge in [-0.2, -0.15) is 0 Å². The first-order valence-electron chi connectivity index (χ1n) is 6.44. The molecule has 0 unspecified atom stereocenters. The van der Waals surface area contributed by atoms with E-state index in [1.54, 1.807) is 14.0 Å². The molecule has 2 atom stereocenters. The van der Waals surface area contributed by atoms with E-state index in [1.807, 2.05) is 37.3 Å².